The number of nitrogen functional groups attached to an aromatic ring is 1. The summed E-state index contributed by atoms with van der Waals surface area (Å²) < 4.78 is 0. The average Bonchev–Trinajstić information content (AvgIpc) is 2.40. The van der Waals surface area contributed by atoms with Crippen LogP contribution < -0.4 is 16.0 Å². The van der Waals surface area contributed by atoms with E-state index in [1.54, 1.807) is 17.0 Å². The molecule has 4 N–H and O–H groups in total. The molecule has 0 radical (unpaired) electrons. The van der Waals surface area contributed by atoms with Crippen molar-refractivity contribution in [1.29, 1.82) is 0 Å². The second-order valence-electron chi connectivity index (χ2n) is 4.55. The van der Waals surface area contributed by atoms with Crippen molar-refractivity contribution < 1.29 is 5.11 Å². The number of aromatic hydroxyl groups is 1. The number of nitrogens with zero attached hydrogens (tertiary/aromatic N) is 4. The highest BCUT2D eigenvalue weighted by atomic mass is 16.3. The summed E-state index contributed by atoms with van der Waals surface area (Å²) in [5.74, 6) is 1.43. The number of phenolic OH excluding ortho intramolecular Hbond substituents is 1. The highest BCUT2D eigenvalue weighted by molar-refractivity contribution is 5.40. The lowest BCUT2D eigenvalue weighted by Crippen LogP contribution is -2.17. The van der Waals surface area contributed by atoms with Crippen LogP contribution in [-0.2, 0) is 6.42 Å². The Balaban J connectivity index is 1.95. The quantitative estimate of drug-likeness (QED) is 0.744. The molecule has 0 fully saturated rings. The van der Waals surface area contributed by atoms with Crippen molar-refractivity contribution in [2.75, 3.05) is 36.6 Å². The molecule has 106 valence electrons. The molecular formula is C13H18N6O. The zero-order valence-corrected chi connectivity index (χ0v) is 11.5. The first kappa shape index (κ1) is 13.9. The summed E-state index contributed by atoms with van der Waals surface area (Å²) in [7, 11) is 3.68. The molecule has 20 heavy (non-hydrogen) atoms. The van der Waals surface area contributed by atoms with Gasteiger partial charge >= 0.3 is 0 Å². The van der Waals surface area contributed by atoms with Crippen LogP contribution in [0.3, 0.4) is 0 Å². The first-order valence-electron chi connectivity index (χ1n) is 6.25. The number of hydrogen-bond donors (Lipinski definition) is 3. The highest BCUT2D eigenvalue weighted by Crippen LogP contribution is 2.11. The van der Waals surface area contributed by atoms with Crippen molar-refractivity contribution in [3.8, 4) is 5.75 Å². The topological polar surface area (TPSA) is 100 Å². The van der Waals surface area contributed by atoms with Crippen LogP contribution in [0.4, 0.5) is 17.8 Å². The summed E-state index contributed by atoms with van der Waals surface area (Å²) in [6.07, 6.45) is 0.795. The summed E-state index contributed by atoms with van der Waals surface area (Å²) in [6, 6.07) is 7.09. The zero-order valence-electron chi connectivity index (χ0n) is 11.5. The Labute approximate surface area is 117 Å². The van der Waals surface area contributed by atoms with Crippen molar-refractivity contribution in [2.24, 2.45) is 0 Å². The Morgan fingerprint density at radius 1 is 1.15 bits per heavy atom. The molecule has 2 aromatic rings. The zero-order chi connectivity index (χ0) is 14.5. The van der Waals surface area contributed by atoms with Crippen LogP contribution >= 0.6 is 0 Å². The van der Waals surface area contributed by atoms with Crippen molar-refractivity contribution in [3.63, 3.8) is 0 Å². The molecule has 1 aromatic heterocycles. The fourth-order valence-corrected chi connectivity index (χ4v) is 1.64. The normalized spacial score (nSPS) is 10.3. The van der Waals surface area contributed by atoms with Crippen molar-refractivity contribution in [3.05, 3.63) is 29.8 Å². The van der Waals surface area contributed by atoms with Gasteiger partial charge in [0.1, 0.15) is 5.75 Å². The molecule has 2 rings (SSSR count). The first-order chi connectivity index (χ1) is 9.54. The largest absolute Gasteiger partial charge is 0.508 e. The van der Waals surface area contributed by atoms with Gasteiger partial charge in [-0.2, -0.15) is 15.0 Å². The van der Waals surface area contributed by atoms with Crippen LogP contribution in [0.1, 0.15) is 5.56 Å². The van der Waals surface area contributed by atoms with Crippen LogP contribution in [0, 0.1) is 0 Å². The van der Waals surface area contributed by atoms with Gasteiger partial charge in [-0.05, 0) is 24.1 Å². The predicted molar refractivity (Wildman–Crippen MR) is 78.9 cm³/mol. The lowest BCUT2D eigenvalue weighted by atomic mass is 10.1. The smallest absolute Gasteiger partial charge is 0.231 e. The van der Waals surface area contributed by atoms with E-state index in [1.807, 2.05) is 26.2 Å². The Hall–Kier alpha value is -2.57. The van der Waals surface area contributed by atoms with Crippen LogP contribution in [0.25, 0.3) is 0 Å². The summed E-state index contributed by atoms with van der Waals surface area (Å²) >= 11 is 0. The molecule has 0 aliphatic heterocycles. The van der Waals surface area contributed by atoms with Crippen LogP contribution in [0.15, 0.2) is 24.3 Å². The molecule has 0 spiro atoms. The first-order valence-corrected chi connectivity index (χ1v) is 6.25. The van der Waals surface area contributed by atoms with Crippen molar-refractivity contribution >= 4 is 17.8 Å². The van der Waals surface area contributed by atoms with Crippen LogP contribution in [0.2, 0.25) is 0 Å². The third-order valence-corrected chi connectivity index (χ3v) is 2.67. The van der Waals surface area contributed by atoms with E-state index in [0.29, 0.717) is 18.4 Å². The third kappa shape index (κ3) is 3.71. The maximum atomic E-state index is 9.21. The molecule has 0 saturated heterocycles. The van der Waals surface area contributed by atoms with Gasteiger partial charge in [0.15, 0.2) is 0 Å². The number of hydrogen-bond acceptors (Lipinski definition) is 7. The van der Waals surface area contributed by atoms with E-state index >= 15 is 0 Å². The monoisotopic (exact) mass is 274 g/mol. The number of benzene rings is 1. The molecule has 0 saturated carbocycles. The van der Waals surface area contributed by atoms with E-state index in [4.69, 9.17) is 5.73 Å². The van der Waals surface area contributed by atoms with Gasteiger partial charge in [0, 0.05) is 20.6 Å². The standard InChI is InChI=1S/C13H18N6O/c1-19(2)13-17-11(14)16-12(18-13)15-8-7-9-3-5-10(20)6-4-9/h3-6,20H,7-8H2,1-2H3,(H3,14,15,16,17,18). The summed E-state index contributed by atoms with van der Waals surface area (Å²) in [5.41, 5.74) is 6.76. The fraction of sp³-hybridized carbons (Fsp3) is 0.308. The molecular weight excluding hydrogens is 256 g/mol. The van der Waals surface area contributed by atoms with Gasteiger partial charge in [-0.25, -0.2) is 0 Å². The molecule has 1 aromatic carbocycles. The van der Waals surface area contributed by atoms with Gasteiger partial charge in [0.2, 0.25) is 17.8 Å². The molecule has 0 unspecified atom stereocenters. The second-order valence-corrected chi connectivity index (χ2v) is 4.55. The van der Waals surface area contributed by atoms with Crippen molar-refractivity contribution in [1.82, 2.24) is 15.0 Å². The minimum Gasteiger partial charge on any atom is -0.508 e. The fourth-order valence-electron chi connectivity index (χ4n) is 1.64. The van der Waals surface area contributed by atoms with Gasteiger partial charge in [0.25, 0.3) is 0 Å². The van der Waals surface area contributed by atoms with E-state index in [-0.39, 0.29) is 11.7 Å². The SMILES string of the molecule is CN(C)c1nc(N)nc(NCCc2ccc(O)cc2)n1. The van der Waals surface area contributed by atoms with Gasteiger partial charge in [0.05, 0.1) is 0 Å². The Morgan fingerprint density at radius 2 is 1.85 bits per heavy atom. The molecule has 1 heterocycles. The predicted octanol–water partition coefficient (Wildman–Crippen LogP) is 0.880. The number of phenols is 1. The number of nitrogens with one attached hydrogen (secondary N) is 1. The molecule has 0 amide bonds. The average molecular weight is 274 g/mol. The number of rotatable bonds is 5. The lowest BCUT2D eigenvalue weighted by Gasteiger charge is -2.12. The molecule has 0 bridgehead atoms. The van der Waals surface area contributed by atoms with Gasteiger partial charge in [-0.3, -0.25) is 0 Å². The van der Waals surface area contributed by atoms with E-state index in [2.05, 4.69) is 20.3 Å². The minimum atomic E-state index is 0.191. The van der Waals surface area contributed by atoms with E-state index in [9.17, 15) is 5.11 Å². The molecule has 0 atom stereocenters. The highest BCUT2D eigenvalue weighted by Gasteiger charge is 2.05. The maximum absolute atomic E-state index is 9.21. The van der Waals surface area contributed by atoms with Gasteiger partial charge < -0.3 is 21.1 Å². The number of nitrogens with two attached hydrogens (primary N) is 1. The minimum absolute atomic E-state index is 0.191. The Bertz CT molecular complexity index is 570. The number of aromatic nitrogens is 3. The van der Waals surface area contributed by atoms with E-state index in [0.717, 1.165) is 12.0 Å². The molecule has 0 aliphatic rings. The summed E-state index contributed by atoms with van der Waals surface area (Å²) in [6.45, 7) is 0.668. The Morgan fingerprint density at radius 3 is 2.50 bits per heavy atom. The van der Waals surface area contributed by atoms with Crippen LogP contribution in [0.5, 0.6) is 5.75 Å². The molecule has 0 aliphatic carbocycles. The van der Waals surface area contributed by atoms with Crippen molar-refractivity contribution in [2.45, 2.75) is 6.42 Å². The second kappa shape index (κ2) is 6.05. The van der Waals surface area contributed by atoms with E-state index in [1.165, 1.54) is 0 Å². The van der Waals surface area contributed by atoms with Gasteiger partial charge in [-0.15, -0.1) is 0 Å². The maximum Gasteiger partial charge on any atom is 0.231 e. The summed E-state index contributed by atoms with van der Waals surface area (Å²) in [4.78, 5) is 14.1. The molecule has 7 nitrogen and oxygen atoms in total. The van der Waals surface area contributed by atoms with Crippen LogP contribution in [-0.4, -0.2) is 40.7 Å². The van der Waals surface area contributed by atoms with E-state index < -0.39 is 0 Å². The Kier molecular flexibility index (Phi) is 4.19. The third-order valence-electron chi connectivity index (χ3n) is 2.67. The lowest BCUT2D eigenvalue weighted by molar-refractivity contribution is 0.475. The number of anilines is 3. The molecule has 7 heteroatoms. The van der Waals surface area contributed by atoms with Gasteiger partial charge in [-0.1, -0.05) is 12.1 Å². The summed E-state index contributed by atoms with van der Waals surface area (Å²) in [5, 5.41) is 12.3.